The predicted octanol–water partition coefficient (Wildman–Crippen LogP) is 3.00. The van der Waals surface area contributed by atoms with Gasteiger partial charge in [0.2, 0.25) is 5.88 Å². The number of ether oxygens (including phenoxy) is 2. The van der Waals surface area contributed by atoms with Crippen LogP contribution in [0, 0.1) is 11.7 Å². The third kappa shape index (κ3) is 4.45. The molecule has 1 saturated heterocycles. The molecule has 176 valence electrons. The summed E-state index contributed by atoms with van der Waals surface area (Å²) in [5.41, 5.74) is 3.08. The van der Waals surface area contributed by atoms with E-state index in [-0.39, 0.29) is 5.88 Å². The van der Waals surface area contributed by atoms with Crippen LogP contribution in [0.25, 0.3) is 16.9 Å². The Bertz CT molecular complexity index is 1120. The number of pyridine rings is 1. The summed E-state index contributed by atoms with van der Waals surface area (Å²) in [5.74, 6) is 0.861. The highest BCUT2D eigenvalue weighted by molar-refractivity contribution is 5.71. The highest BCUT2D eigenvalue weighted by atomic mass is 19.1. The summed E-state index contributed by atoms with van der Waals surface area (Å²) in [6.07, 6.45) is 8.36. The Morgan fingerprint density at radius 3 is 2.82 bits per heavy atom. The molecule has 5 heterocycles. The molecule has 3 atom stereocenters. The molecular formula is C23H30FN7O2. The molecule has 3 aromatic rings. The maximum absolute atomic E-state index is 14.4. The molecule has 3 aromatic heterocycles. The molecule has 0 aromatic carbocycles. The number of aromatic nitrogens is 5. The van der Waals surface area contributed by atoms with Gasteiger partial charge in [-0.15, -0.1) is 0 Å². The van der Waals surface area contributed by atoms with E-state index < -0.39 is 5.82 Å². The van der Waals surface area contributed by atoms with Gasteiger partial charge in [0.15, 0.2) is 5.82 Å². The number of anilines is 1. The summed E-state index contributed by atoms with van der Waals surface area (Å²) in [4.78, 5) is 4.09. The van der Waals surface area contributed by atoms with Crippen LogP contribution in [0.3, 0.4) is 0 Å². The monoisotopic (exact) mass is 455 g/mol. The Balaban J connectivity index is 1.47. The molecule has 0 bridgehead atoms. The van der Waals surface area contributed by atoms with Gasteiger partial charge in [0.25, 0.3) is 0 Å². The Labute approximate surface area is 192 Å². The van der Waals surface area contributed by atoms with Crippen molar-refractivity contribution in [2.24, 2.45) is 5.92 Å². The SMILES string of the molecule is COc1ncc(-c2nn(-c3cnn(C[C@H]4C[C@@H](C)N[C@@H](C)C4)c3)c3c2CCOCN3)cc1F. The minimum absolute atomic E-state index is 0.0337. The predicted molar refractivity (Wildman–Crippen MR) is 122 cm³/mol. The van der Waals surface area contributed by atoms with Crippen molar-refractivity contribution in [3.8, 4) is 22.8 Å². The number of rotatable bonds is 5. The van der Waals surface area contributed by atoms with E-state index in [9.17, 15) is 4.39 Å². The Morgan fingerprint density at radius 2 is 2.06 bits per heavy atom. The number of halogens is 1. The van der Waals surface area contributed by atoms with Crippen LogP contribution in [0.4, 0.5) is 10.2 Å². The molecule has 2 aliphatic rings. The van der Waals surface area contributed by atoms with Gasteiger partial charge in [0.05, 0.1) is 31.8 Å². The molecule has 33 heavy (non-hydrogen) atoms. The molecule has 10 heteroatoms. The number of hydrogen-bond acceptors (Lipinski definition) is 7. The Morgan fingerprint density at radius 1 is 1.24 bits per heavy atom. The maximum atomic E-state index is 14.4. The highest BCUT2D eigenvalue weighted by Gasteiger charge is 2.26. The number of nitrogens with one attached hydrogen (secondary N) is 2. The van der Waals surface area contributed by atoms with Crippen molar-refractivity contribution in [2.45, 2.75) is 51.7 Å². The maximum Gasteiger partial charge on any atom is 0.250 e. The van der Waals surface area contributed by atoms with Crippen LogP contribution in [0.15, 0.2) is 24.7 Å². The number of methoxy groups -OCH3 is 1. The lowest BCUT2D eigenvalue weighted by Crippen LogP contribution is -2.43. The summed E-state index contributed by atoms with van der Waals surface area (Å²) < 4.78 is 28.8. The van der Waals surface area contributed by atoms with Gasteiger partial charge in [0, 0.05) is 42.4 Å². The smallest absolute Gasteiger partial charge is 0.250 e. The Hall–Kier alpha value is -2.98. The third-order valence-corrected chi connectivity index (χ3v) is 6.35. The van der Waals surface area contributed by atoms with Crippen LogP contribution >= 0.6 is 0 Å². The highest BCUT2D eigenvalue weighted by Crippen LogP contribution is 2.33. The zero-order valence-corrected chi connectivity index (χ0v) is 19.2. The van der Waals surface area contributed by atoms with Crippen molar-refractivity contribution in [2.75, 3.05) is 25.8 Å². The lowest BCUT2D eigenvalue weighted by Gasteiger charge is -2.32. The second kappa shape index (κ2) is 9.11. The average Bonchev–Trinajstić information content (AvgIpc) is 3.29. The first-order chi connectivity index (χ1) is 16.0. The van der Waals surface area contributed by atoms with Crippen molar-refractivity contribution in [1.29, 1.82) is 0 Å². The van der Waals surface area contributed by atoms with Crippen LogP contribution < -0.4 is 15.4 Å². The lowest BCUT2D eigenvalue weighted by molar-refractivity contribution is 0.159. The van der Waals surface area contributed by atoms with Crippen molar-refractivity contribution in [1.82, 2.24) is 29.9 Å². The fourth-order valence-electron chi connectivity index (χ4n) is 5.05. The fourth-order valence-corrected chi connectivity index (χ4v) is 5.05. The number of piperidine rings is 1. The van der Waals surface area contributed by atoms with Gasteiger partial charge in [-0.1, -0.05) is 0 Å². The van der Waals surface area contributed by atoms with Gasteiger partial charge >= 0.3 is 0 Å². The normalized spacial score (nSPS) is 23.0. The first-order valence-corrected chi connectivity index (χ1v) is 11.4. The van der Waals surface area contributed by atoms with Crippen LogP contribution in [0.1, 0.15) is 32.3 Å². The number of hydrogen-bond donors (Lipinski definition) is 2. The van der Waals surface area contributed by atoms with E-state index in [0.717, 1.165) is 36.5 Å². The fraction of sp³-hybridized carbons (Fsp3) is 0.522. The number of nitrogens with zero attached hydrogens (tertiary/aromatic N) is 5. The molecule has 0 saturated carbocycles. The van der Waals surface area contributed by atoms with Gasteiger partial charge in [0.1, 0.15) is 18.2 Å². The minimum atomic E-state index is -0.519. The zero-order valence-electron chi connectivity index (χ0n) is 19.2. The first-order valence-electron chi connectivity index (χ1n) is 11.4. The van der Waals surface area contributed by atoms with Gasteiger partial charge in [-0.25, -0.2) is 14.1 Å². The van der Waals surface area contributed by atoms with Crippen LogP contribution in [-0.4, -0.2) is 57.1 Å². The summed E-state index contributed by atoms with van der Waals surface area (Å²) in [5, 5.41) is 16.4. The van der Waals surface area contributed by atoms with Gasteiger partial charge in [-0.2, -0.15) is 10.2 Å². The van der Waals surface area contributed by atoms with Gasteiger partial charge in [-0.3, -0.25) is 4.68 Å². The van der Waals surface area contributed by atoms with E-state index >= 15 is 0 Å². The molecule has 1 fully saturated rings. The van der Waals surface area contributed by atoms with E-state index in [2.05, 4.69) is 34.6 Å². The second-order valence-corrected chi connectivity index (χ2v) is 9.01. The summed E-state index contributed by atoms with van der Waals surface area (Å²) >= 11 is 0. The van der Waals surface area contributed by atoms with E-state index in [1.54, 1.807) is 6.20 Å². The largest absolute Gasteiger partial charge is 0.479 e. The molecule has 0 spiro atoms. The summed E-state index contributed by atoms with van der Waals surface area (Å²) in [6.45, 7) is 6.28. The van der Waals surface area contributed by atoms with E-state index in [4.69, 9.17) is 14.6 Å². The van der Waals surface area contributed by atoms with Crippen LogP contribution in [-0.2, 0) is 17.7 Å². The molecule has 0 amide bonds. The van der Waals surface area contributed by atoms with Crippen LogP contribution in [0.2, 0.25) is 0 Å². The summed E-state index contributed by atoms with van der Waals surface area (Å²) in [6, 6.07) is 2.44. The van der Waals surface area contributed by atoms with Gasteiger partial charge < -0.3 is 20.1 Å². The van der Waals surface area contributed by atoms with E-state index in [1.165, 1.54) is 13.2 Å². The molecule has 2 N–H and O–H groups in total. The second-order valence-electron chi connectivity index (χ2n) is 9.01. The molecule has 5 rings (SSSR count). The standard InChI is InChI=1S/C23H30FN7O2/c1-14-6-16(7-15(2)28-14)11-30-12-18(10-27-30)31-22-19(4-5-33-13-26-22)21(29-31)17-8-20(24)23(32-3)25-9-17/h8-10,12,14-16,26,28H,4-7,11,13H2,1-3H3/t14-,15+,16+. The lowest BCUT2D eigenvalue weighted by atomic mass is 9.89. The summed E-state index contributed by atoms with van der Waals surface area (Å²) in [7, 11) is 1.40. The quantitative estimate of drug-likeness (QED) is 0.611. The molecule has 0 aliphatic carbocycles. The average molecular weight is 456 g/mol. The number of fused-ring (bicyclic) bond motifs is 1. The molecule has 9 nitrogen and oxygen atoms in total. The zero-order chi connectivity index (χ0) is 22.9. The van der Waals surface area contributed by atoms with E-state index in [1.807, 2.05) is 21.8 Å². The van der Waals surface area contributed by atoms with Gasteiger partial charge in [-0.05, 0) is 38.7 Å². The third-order valence-electron chi connectivity index (χ3n) is 6.35. The Kier molecular flexibility index (Phi) is 6.03. The molecular weight excluding hydrogens is 425 g/mol. The minimum Gasteiger partial charge on any atom is -0.479 e. The topological polar surface area (TPSA) is 91.1 Å². The van der Waals surface area contributed by atoms with Crippen molar-refractivity contribution in [3.05, 3.63) is 36.0 Å². The molecule has 0 unspecified atom stereocenters. The van der Waals surface area contributed by atoms with Crippen molar-refractivity contribution < 1.29 is 13.9 Å². The first kappa shape index (κ1) is 21.8. The molecule has 2 aliphatic heterocycles. The van der Waals surface area contributed by atoms with E-state index in [0.29, 0.717) is 49.0 Å². The van der Waals surface area contributed by atoms with Crippen LogP contribution in [0.5, 0.6) is 5.88 Å². The van der Waals surface area contributed by atoms with Crippen molar-refractivity contribution >= 4 is 5.82 Å². The molecule has 0 radical (unpaired) electrons. The van der Waals surface area contributed by atoms with Crippen molar-refractivity contribution in [3.63, 3.8) is 0 Å².